The van der Waals surface area contributed by atoms with Crippen LogP contribution >= 0.6 is 11.6 Å². The van der Waals surface area contributed by atoms with Crippen molar-refractivity contribution in [2.45, 2.75) is 6.92 Å². The normalized spacial score (nSPS) is 11.1. The van der Waals surface area contributed by atoms with Gasteiger partial charge in [-0.3, -0.25) is 9.48 Å². The quantitative estimate of drug-likeness (QED) is 0.673. The molecule has 1 aromatic carbocycles. The van der Waals surface area contributed by atoms with Gasteiger partial charge in [-0.1, -0.05) is 23.2 Å². The van der Waals surface area contributed by atoms with Gasteiger partial charge in [-0.05, 0) is 25.1 Å². The van der Waals surface area contributed by atoms with Crippen LogP contribution in [0.1, 0.15) is 21.8 Å². The fraction of sp³-hybridized carbons (Fsp3) is 0.143. The summed E-state index contributed by atoms with van der Waals surface area (Å²) in [5, 5.41) is 5.18. The van der Waals surface area contributed by atoms with Crippen molar-refractivity contribution in [3.05, 3.63) is 52.5 Å². The zero-order valence-electron chi connectivity index (χ0n) is 10.5. The maximum absolute atomic E-state index is 12.4. The van der Waals surface area contributed by atoms with E-state index in [2.05, 4.69) is 5.10 Å². The van der Waals surface area contributed by atoms with Gasteiger partial charge in [0.15, 0.2) is 5.76 Å². The number of rotatable bonds is 2. The van der Waals surface area contributed by atoms with Gasteiger partial charge in [-0.15, -0.1) is 0 Å². The van der Waals surface area contributed by atoms with Crippen LogP contribution in [0, 0.1) is 6.92 Å². The second-order valence-corrected chi connectivity index (χ2v) is 4.85. The molecule has 0 fully saturated rings. The van der Waals surface area contributed by atoms with Crippen molar-refractivity contribution in [1.29, 1.82) is 0 Å². The number of halogens is 1. The molecule has 96 valence electrons. The molecule has 0 unspecified atom stereocenters. The minimum absolute atomic E-state index is 0.265. The number of nitrogens with zero attached hydrogens (tertiary/aromatic N) is 2. The zero-order chi connectivity index (χ0) is 13.6. The molecule has 0 atom stereocenters. The first kappa shape index (κ1) is 12.0. The number of benzene rings is 1. The van der Waals surface area contributed by atoms with Crippen molar-refractivity contribution in [3.63, 3.8) is 0 Å². The largest absolute Gasteiger partial charge is 0.453 e. The van der Waals surface area contributed by atoms with Gasteiger partial charge in [0.2, 0.25) is 5.78 Å². The summed E-state index contributed by atoms with van der Waals surface area (Å²) in [5.41, 5.74) is 2.13. The van der Waals surface area contributed by atoms with E-state index in [1.54, 1.807) is 13.1 Å². The number of furan rings is 1. The zero-order valence-corrected chi connectivity index (χ0v) is 11.2. The number of hydrogen-bond acceptors (Lipinski definition) is 3. The Morgan fingerprint density at radius 2 is 2.16 bits per heavy atom. The van der Waals surface area contributed by atoms with Gasteiger partial charge in [0.1, 0.15) is 11.3 Å². The van der Waals surface area contributed by atoms with Gasteiger partial charge in [0.05, 0.1) is 11.2 Å². The van der Waals surface area contributed by atoms with Gasteiger partial charge in [0.25, 0.3) is 0 Å². The Bertz CT molecular complexity index is 766. The van der Waals surface area contributed by atoms with Crippen LogP contribution in [0.15, 0.2) is 34.9 Å². The SMILES string of the molecule is Cc1ccc2oc(C(=O)c3c(Cl)cnn3C)cc2c1. The Morgan fingerprint density at radius 1 is 1.37 bits per heavy atom. The Balaban J connectivity index is 2.12. The summed E-state index contributed by atoms with van der Waals surface area (Å²) in [5.74, 6) is 0.00459. The summed E-state index contributed by atoms with van der Waals surface area (Å²) < 4.78 is 7.02. The van der Waals surface area contributed by atoms with E-state index in [1.807, 2.05) is 25.1 Å². The van der Waals surface area contributed by atoms with Crippen molar-refractivity contribution in [2.75, 3.05) is 0 Å². The lowest BCUT2D eigenvalue weighted by Crippen LogP contribution is -2.07. The van der Waals surface area contributed by atoms with E-state index in [0.717, 1.165) is 10.9 Å². The fourth-order valence-electron chi connectivity index (χ4n) is 2.06. The standard InChI is InChI=1S/C14H11ClN2O2/c1-8-3-4-11-9(5-8)6-12(19-11)14(18)13-10(15)7-16-17(13)2/h3-7H,1-2H3. The molecule has 0 bridgehead atoms. The highest BCUT2D eigenvalue weighted by molar-refractivity contribution is 6.34. The lowest BCUT2D eigenvalue weighted by Gasteiger charge is -1.98. The molecule has 3 rings (SSSR count). The molecule has 3 aromatic rings. The molecule has 0 spiro atoms. The van der Waals surface area contributed by atoms with Crippen LogP contribution in [0.4, 0.5) is 0 Å². The average molecular weight is 275 g/mol. The molecule has 0 saturated heterocycles. The predicted octanol–water partition coefficient (Wildman–Crippen LogP) is 3.36. The summed E-state index contributed by atoms with van der Waals surface area (Å²) >= 11 is 5.97. The van der Waals surface area contributed by atoms with Crippen LogP contribution in [0.3, 0.4) is 0 Å². The molecular formula is C14H11ClN2O2. The molecule has 0 aliphatic rings. The number of carbonyl (C=O) groups excluding carboxylic acids is 1. The molecule has 19 heavy (non-hydrogen) atoms. The average Bonchev–Trinajstić information content (AvgIpc) is 2.92. The smallest absolute Gasteiger partial charge is 0.247 e. The van der Waals surface area contributed by atoms with Crippen molar-refractivity contribution in [2.24, 2.45) is 7.05 Å². The molecule has 0 radical (unpaired) electrons. The van der Waals surface area contributed by atoms with E-state index in [0.29, 0.717) is 16.3 Å². The first-order valence-electron chi connectivity index (χ1n) is 5.78. The molecule has 0 amide bonds. The van der Waals surface area contributed by atoms with Crippen molar-refractivity contribution in [1.82, 2.24) is 9.78 Å². The molecular weight excluding hydrogens is 264 g/mol. The summed E-state index contributed by atoms with van der Waals surface area (Å²) in [6, 6.07) is 7.50. The van der Waals surface area contributed by atoms with Crippen LogP contribution in [-0.4, -0.2) is 15.6 Å². The van der Waals surface area contributed by atoms with Crippen LogP contribution < -0.4 is 0 Å². The van der Waals surface area contributed by atoms with E-state index < -0.39 is 0 Å². The molecule has 0 aliphatic heterocycles. The topological polar surface area (TPSA) is 48.0 Å². The number of fused-ring (bicyclic) bond motifs is 1. The predicted molar refractivity (Wildman–Crippen MR) is 72.6 cm³/mol. The Labute approximate surface area is 114 Å². The van der Waals surface area contributed by atoms with Gasteiger partial charge < -0.3 is 4.42 Å². The highest BCUT2D eigenvalue weighted by Crippen LogP contribution is 2.24. The minimum Gasteiger partial charge on any atom is -0.453 e. The van der Waals surface area contributed by atoms with Gasteiger partial charge in [-0.2, -0.15) is 5.10 Å². The molecule has 0 saturated carbocycles. The third-order valence-electron chi connectivity index (χ3n) is 3.00. The van der Waals surface area contributed by atoms with E-state index >= 15 is 0 Å². The van der Waals surface area contributed by atoms with Crippen molar-refractivity contribution >= 4 is 28.4 Å². The maximum atomic E-state index is 12.4. The number of hydrogen-bond donors (Lipinski definition) is 0. The molecule has 0 N–H and O–H groups in total. The Morgan fingerprint density at radius 3 is 2.84 bits per heavy atom. The highest BCUT2D eigenvalue weighted by atomic mass is 35.5. The second kappa shape index (κ2) is 4.24. The van der Waals surface area contributed by atoms with Crippen LogP contribution in [0.5, 0.6) is 0 Å². The maximum Gasteiger partial charge on any atom is 0.247 e. The van der Waals surface area contributed by atoms with Crippen LogP contribution in [0.25, 0.3) is 11.0 Å². The molecule has 5 heteroatoms. The lowest BCUT2D eigenvalue weighted by molar-refractivity contribution is 0.100. The van der Waals surface area contributed by atoms with E-state index in [1.165, 1.54) is 10.9 Å². The number of aryl methyl sites for hydroxylation is 2. The number of carbonyl (C=O) groups is 1. The molecule has 2 heterocycles. The monoisotopic (exact) mass is 274 g/mol. The van der Waals surface area contributed by atoms with E-state index in [9.17, 15) is 4.79 Å². The first-order chi connectivity index (χ1) is 9.06. The first-order valence-corrected chi connectivity index (χ1v) is 6.16. The lowest BCUT2D eigenvalue weighted by atomic mass is 10.1. The van der Waals surface area contributed by atoms with Crippen LogP contribution in [-0.2, 0) is 7.05 Å². The molecule has 4 nitrogen and oxygen atoms in total. The van der Waals surface area contributed by atoms with E-state index in [-0.39, 0.29) is 11.5 Å². The third kappa shape index (κ3) is 1.94. The number of aromatic nitrogens is 2. The van der Waals surface area contributed by atoms with Crippen molar-refractivity contribution in [3.8, 4) is 0 Å². The second-order valence-electron chi connectivity index (χ2n) is 4.45. The molecule has 0 aliphatic carbocycles. The fourth-order valence-corrected chi connectivity index (χ4v) is 2.31. The van der Waals surface area contributed by atoms with E-state index in [4.69, 9.17) is 16.0 Å². The highest BCUT2D eigenvalue weighted by Gasteiger charge is 2.21. The summed E-state index contributed by atoms with van der Waals surface area (Å²) in [6.07, 6.45) is 1.45. The summed E-state index contributed by atoms with van der Waals surface area (Å²) in [7, 11) is 1.67. The number of ketones is 1. The van der Waals surface area contributed by atoms with Gasteiger partial charge in [0, 0.05) is 12.4 Å². The van der Waals surface area contributed by atoms with Crippen LogP contribution in [0.2, 0.25) is 5.02 Å². The van der Waals surface area contributed by atoms with Gasteiger partial charge in [-0.25, -0.2) is 0 Å². The Hall–Kier alpha value is -2.07. The Kier molecular flexibility index (Phi) is 2.68. The summed E-state index contributed by atoms with van der Waals surface area (Å²) in [6.45, 7) is 1.99. The summed E-state index contributed by atoms with van der Waals surface area (Å²) in [4.78, 5) is 12.4. The third-order valence-corrected chi connectivity index (χ3v) is 3.28. The minimum atomic E-state index is -0.265. The molecule has 2 aromatic heterocycles. The van der Waals surface area contributed by atoms with Crippen molar-refractivity contribution < 1.29 is 9.21 Å². The van der Waals surface area contributed by atoms with Gasteiger partial charge >= 0.3 is 0 Å².